The molecule has 0 radical (unpaired) electrons. The molecule has 0 saturated carbocycles. The van der Waals surface area contributed by atoms with Gasteiger partial charge in [0.05, 0.1) is 23.2 Å². The highest BCUT2D eigenvalue weighted by atomic mass is 16.4. The van der Waals surface area contributed by atoms with Crippen molar-refractivity contribution in [3.63, 3.8) is 0 Å². The molecule has 2 aromatic carbocycles. The van der Waals surface area contributed by atoms with Gasteiger partial charge < -0.3 is 21.2 Å². The van der Waals surface area contributed by atoms with Crippen LogP contribution < -0.4 is 22.3 Å². The summed E-state index contributed by atoms with van der Waals surface area (Å²) in [5.74, 6) is 1.03. The summed E-state index contributed by atoms with van der Waals surface area (Å²) in [5, 5.41) is 13.7. The van der Waals surface area contributed by atoms with Crippen LogP contribution in [0.15, 0.2) is 76.3 Å². The summed E-state index contributed by atoms with van der Waals surface area (Å²) in [6, 6.07) is 16.6. The van der Waals surface area contributed by atoms with E-state index in [1.807, 2.05) is 50.2 Å². The summed E-state index contributed by atoms with van der Waals surface area (Å²) in [6.45, 7) is 4.03. The Labute approximate surface area is 228 Å². The maximum atomic E-state index is 13.9. The molecule has 0 spiro atoms. The van der Waals surface area contributed by atoms with Gasteiger partial charge in [-0.25, -0.2) is 15.0 Å². The molecule has 4 aromatic heterocycles. The van der Waals surface area contributed by atoms with E-state index in [1.54, 1.807) is 29.0 Å². The highest BCUT2D eigenvalue weighted by molar-refractivity contribution is 6.17. The van der Waals surface area contributed by atoms with Crippen molar-refractivity contribution in [1.29, 1.82) is 5.41 Å². The van der Waals surface area contributed by atoms with Crippen molar-refractivity contribution >= 4 is 45.2 Å². The number of pyridine rings is 2. The third-order valence-electron chi connectivity index (χ3n) is 6.78. The van der Waals surface area contributed by atoms with Gasteiger partial charge in [0.2, 0.25) is 0 Å². The molecule has 0 atom stereocenters. The normalized spacial score (nSPS) is 11.2. The summed E-state index contributed by atoms with van der Waals surface area (Å²) in [5.41, 5.74) is 16.2. The molecule has 0 aliphatic rings. The number of nitrogens with one attached hydrogen (secondary N) is 2. The molecule has 0 saturated heterocycles. The van der Waals surface area contributed by atoms with Gasteiger partial charge in [-0.3, -0.25) is 14.8 Å². The van der Waals surface area contributed by atoms with Crippen LogP contribution >= 0.6 is 0 Å². The fraction of sp³-hybridized carbons (Fsp3) is 0.103. The van der Waals surface area contributed by atoms with Crippen LogP contribution in [0.4, 0.5) is 17.7 Å². The van der Waals surface area contributed by atoms with E-state index < -0.39 is 0 Å². The van der Waals surface area contributed by atoms with Crippen LogP contribution in [-0.2, 0) is 6.54 Å². The molecule has 6 N–H and O–H groups in total. The average molecular weight is 532 g/mol. The Morgan fingerprint density at radius 2 is 1.85 bits per heavy atom. The van der Waals surface area contributed by atoms with Gasteiger partial charge in [-0.1, -0.05) is 24.3 Å². The quantitative estimate of drug-likeness (QED) is 0.230. The first-order valence-corrected chi connectivity index (χ1v) is 12.5. The number of nitrogen functional groups attached to an aromatic ring is 2. The Bertz CT molecular complexity index is 2010. The first-order valence-electron chi connectivity index (χ1n) is 12.5. The monoisotopic (exact) mass is 531 g/mol. The number of aryl methyl sites for hydroxylation is 2. The zero-order valence-corrected chi connectivity index (χ0v) is 21.8. The van der Waals surface area contributed by atoms with Crippen molar-refractivity contribution < 1.29 is 4.42 Å². The number of hydrogen-bond acceptors (Lipinski definition) is 10. The molecule has 0 bridgehead atoms. The van der Waals surface area contributed by atoms with E-state index in [0.29, 0.717) is 44.9 Å². The fourth-order valence-corrected chi connectivity index (χ4v) is 4.86. The molecule has 0 unspecified atom stereocenters. The van der Waals surface area contributed by atoms with E-state index in [1.165, 1.54) is 6.33 Å². The largest absolute Gasteiger partial charge is 0.424 e. The van der Waals surface area contributed by atoms with Crippen LogP contribution in [0.2, 0.25) is 0 Å². The molecule has 11 heteroatoms. The number of anilines is 3. The van der Waals surface area contributed by atoms with Crippen LogP contribution in [-0.4, -0.2) is 30.2 Å². The molecular formula is C29H25N9O2. The highest BCUT2D eigenvalue weighted by Gasteiger charge is 2.20. The second-order valence-corrected chi connectivity index (χ2v) is 9.40. The van der Waals surface area contributed by atoms with E-state index in [-0.39, 0.29) is 29.6 Å². The van der Waals surface area contributed by atoms with E-state index in [4.69, 9.17) is 21.3 Å². The predicted molar refractivity (Wildman–Crippen MR) is 155 cm³/mol. The lowest BCUT2D eigenvalue weighted by molar-refractivity contribution is 0.626. The Balaban J connectivity index is 1.43. The number of aromatic nitrogens is 5. The van der Waals surface area contributed by atoms with Crippen LogP contribution in [0.25, 0.3) is 27.7 Å². The Hall–Kier alpha value is -5.58. The maximum absolute atomic E-state index is 13.9. The van der Waals surface area contributed by atoms with Gasteiger partial charge in [-0.2, -0.15) is 4.98 Å². The van der Waals surface area contributed by atoms with Gasteiger partial charge in [-0.05, 0) is 60.7 Å². The molecule has 6 aromatic rings. The second kappa shape index (κ2) is 9.62. The van der Waals surface area contributed by atoms with Crippen LogP contribution in [0.1, 0.15) is 27.9 Å². The van der Waals surface area contributed by atoms with Crippen LogP contribution in [0.5, 0.6) is 0 Å². The number of hydrogen-bond donors (Lipinski definition) is 4. The van der Waals surface area contributed by atoms with Crippen LogP contribution in [0, 0.1) is 19.3 Å². The van der Waals surface area contributed by atoms with Gasteiger partial charge in [0.25, 0.3) is 11.6 Å². The minimum Gasteiger partial charge on any atom is -0.424 e. The molecule has 0 fully saturated rings. The van der Waals surface area contributed by atoms with Crippen molar-refractivity contribution in [3.05, 3.63) is 105 Å². The summed E-state index contributed by atoms with van der Waals surface area (Å²) in [4.78, 5) is 31.0. The summed E-state index contributed by atoms with van der Waals surface area (Å²) < 4.78 is 6.97. The zero-order valence-electron chi connectivity index (χ0n) is 21.8. The van der Waals surface area contributed by atoms with Crippen LogP contribution in [0.3, 0.4) is 0 Å². The van der Waals surface area contributed by atoms with E-state index in [9.17, 15) is 4.79 Å². The summed E-state index contributed by atoms with van der Waals surface area (Å²) in [7, 11) is 0. The first kappa shape index (κ1) is 24.7. The molecule has 0 aliphatic carbocycles. The number of benzene rings is 2. The maximum Gasteiger partial charge on any atom is 0.292 e. The van der Waals surface area contributed by atoms with Gasteiger partial charge >= 0.3 is 0 Å². The van der Waals surface area contributed by atoms with Gasteiger partial charge in [-0.15, -0.1) is 0 Å². The minimum atomic E-state index is -0.162. The molecule has 0 aliphatic heterocycles. The molecule has 4 heterocycles. The number of fused-ring (bicyclic) bond motifs is 2. The molecule has 6 rings (SSSR count). The van der Waals surface area contributed by atoms with E-state index in [0.717, 1.165) is 16.5 Å². The molecule has 198 valence electrons. The number of nitrogens with two attached hydrogens (primary N) is 2. The Morgan fingerprint density at radius 1 is 1.02 bits per heavy atom. The lowest BCUT2D eigenvalue weighted by Gasteiger charge is -2.18. The molecule has 40 heavy (non-hydrogen) atoms. The SMILES string of the molecule is Cc1cccnc1-n1c(CNc2ncnc(N)c2C(=N)c2ccc3oc(N)nc3c2)cc2cccc(C)c2c1=O. The van der Waals surface area contributed by atoms with Crippen molar-refractivity contribution in [2.24, 2.45) is 0 Å². The summed E-state index contributed by atoms with van der Waals surface area (Å²) >= 11 is 0. The van der Waals surface area contributed by atoms with Crippen molar-refractivity contribution in [2.75, 3.05) is 16.8 Å². The average Bonchev–Trinajstić information content (AvgIpc) is 3.31. The van der Waals surface area contributed by atoms with Gasteiger partial charge in [0.1, 0.15) is 29.3 Å². The topological polar surface area (TPSA) is 175 Å². The zero-order chi connectivity index (χ0) is 28.0. The lowest BCUT2D eigenvalue weighted by Crippen LogP contribution is -2.26. The smallest absolute Gasteiger partial charge is 0.292 e. The Morgan fingerprint density at radius 3 is 2.67 bits per heavy atom. The fourth-order valence-electron chi connectivity index (χ4n) is 4.86. The number of nitrogens with zero attached hydrogens (tertiary/aromatic N) is 5. The first-order chi connectivity index (χ1) is 19.3. The van der Waals surface area contributed by atoms with E-state index >= 15 is 0 Å². The highest BCUT2D eigenvalue weighted by Crippen LogP contribution is 2.26. The molecule has 0 amide bonds. The third-order valence-corrected chi connectivity index (χ3v) is 6.78. The third kappa shape index (κ3) is 4.19. The molecular weight excluding hydrogens is 506 g/mol. The predicted octanol–water partition coefficient (Wildman–Crippen LogP) is 4.13. The molecule has 11 nitrogen and oxygen atoms in total. The number of rotatable bonds is 6. The van der Waals surface area contributed by atoms with E-state index in [2.05, 4.69) is 25.3 Å². The summed E-state index contributed by atoms with van der Waals surface area (Å²) in [6.07, 6.45) is 2.99. The van der Waals surface area contributed by atoms with Crippen molar-refractivity contribution in [1.82, 2.24) is 24.5 Å². The minimum absolute atomic E-state index is 0.0448. The van der Waals surface area contributed by atoms with Crippen molar-refractivity contribution in [3.8, 4) is 5.82 Å². The van der Waals surface area contributed by atoms with Gasteiger partial charge in [0, 0.05) is 17.5 Å². The lowest BCUT2D eigenvalue weighted by atomic mass is 10.0. The second-order valence-electron chi connectivity index (χ2n) is 9.40. The standard InChI is InChI=1S/C29H25N9O2/c1-15-5-3-7-17-11-19(38(28(39)22(15)17)27-16(2)6-4-10-33-27)13-34-26-23(25(31)35-14-36-26)24(30)18-8-9-21-20(12-18)37-29(32)40-21/h3-12,14,30H,13H2,1-2H3,(H2,32,37)(H3,31,34,35,36). The van der Waals surface area contributed by atoms with Gasteiger partial charge in [0.15, 0.2) is 5.58 Å². The van der Waals surface area contributed by atoms with Crippen molar-refractivity contribution in [2.45, 2.75) is 20.4 Å². The Kier molecular flexibility index (Phi) is 5.95. The number of oxazole rings is 1.